The Balaban J connectivity index is 2.04. The van der Waals surface area contributed by atoms with Gasteiger partial charge in [0.25, 0.3) is 0 Å². The predicted molar refractivity (Wildman–Crippen MR) is 93.2 cm³/mol. The van der Waals surface area contributed by atoms with Crippen molar-refractivity contribution in [1.29, 1.82) is 0 Å². The van der Waals surface area contributed by atoms with E-state index in [1.165, 1.54) is 30.4 Å². The number of ether oxygens (including phenoxy) is 1. The molecule has 0 saturated carbocycles. The van der Waals surface area contributed by atoms with Gasteiger partial charge in [-0.2, -0.15) is 4.31 Å². The third kappa shape index (κ3) is 4.56. The van der Waals surface area contributed by atoms with Crippen LogP contribution >= 0.6 is 11.6 Å². The van der Waals surface area contributed by atoms with Crippen LogP contribution in [0.2, 0.25) is 5.02 Å². The van der Waals surface area contributed by atoms with Gasteiger partial charge in [0.15, 0.2) is 5.78 Å². The average Bonchev–Trinajstić information content (AvgIpc) is 2.55. The normalized spacial score (nSPS) is 11.5. The Labute approximate surface area is 146 Å². The molecule has 24 heavy (non-hydrogen) atoms. The third-order valence-corrected chi connectivity index (χ3v) is 5.51. The Hall–Kier alpha value is -1.89. The van der Waals surface area contributed by atoms with Crippen LogP contribution in [0.25, 0.3) is 0 Å². The highest BCUT2D eigenvalue weighted by atomic mass is 35.5. The van der Waals surface area contributed by atoms with E-state index in [9.17, 15) is 13.2 Å². The Kier molecular flexibility index (Phi) is 5.99. The van der Waals surface area contributed by atoms with Gasteiger partial charge in [0.05, 0.1) is 4.90 Å². The van der Waals surface area contributed by atoms with Crippen LogP contribution in [-0.2, 0) is 10.0 Å². The van der Waals surface area contributed by atoms with Gasteiger partial charge < -0.3 is 4.74 Å². The number of likely N-dealkylation sites (N-methyl/N-ethyl adjacent to an activating group) is 1. The van der Waals surface area contributed by atoms with Crippen LogP contribution in [0.4, 0.5) is 0 Å². The summed E-state index contributed by atoms with van der Waals surface area (Å²) >= 11 is 5.87. The molecule has 0 unspecified atom stereocenters. The van der Waals surface area contributed by atoms with E-state index in [1.807, 2.05) is 0 Å². The van der Waals surface area contributed by atoms with E-state index < -0.39 is 10.0 Å². The maximum absolute atomic E-state index is 12.5. The van der Waals surface area contributed by atoms with Gasteiger partial charge in [-0.3, -0.25) is 4.79 Å². The van der Waals surface area contributed by atoms with Gasteiger partial charge >= 0.3 is 0 Å². The molecule has 0 N–H and O–H groups in total. The molecule has 0 bridgehead atoms. The predicted octanol–water partition coefficient (Wildman–Crippen LogP) is 3.24. The number of hydrogen-bond acceptors (Lipinski definition) is 4. The minimum absolute atomic E-state index is 0.0838. The van der Waals surface area contributed by atoms with Gasteiger partial charge in [0.2, 0.25) is 10.0 Å². The van der Waals surface area contributed by atoms with Crippen LogP contribution in [0.15, 0.2) is 53.4 Å². The van der Waals surface area contributed by atoms with Crippen LogP contribution in [-0.4, -0.2) is 38.7 Å². The quantitative estimate of drug-likeness (QED) is 0.705. The molecular weight excluding hydrogens is 350 g/mol. The monoisotopic (exact) mass is 367 g/mol. The standard InChI is InChI=1S/C17H18ClNO4S/c1-13(20)14-5-3-8-17(11-14)24(21,22)19(2)9-10-23-16-7-4-6-15(18)12-16/h3-8,11-12H,9-10H2,1-2H3. The zero-order valence-electron chi connectivity index (χ0n) is 13.4. The van der Waals surface area contributed by atoms with Crippen LogP contribution in [0.1, 0.15) is 17.3 Å². The lowest BCUT2D eigenvalue weighted by atomic mass is 10.2. The Bertz CT molecular complexity index is 836. The lowest BCUT2D eigenvalue weighted by Crippen LogP contribution is -2.31. The summed E-state index contributed by atoms with van der Waals surface area (Å²) in [5.41, 5.74) is 0.361. The molecule has 0 aliphatic carbocycles. The van der Waals surface area contributed by atoms with E-state index >= 15 is 0 Å². The molecule has 5 nitrogen and oxygen atoms in total. The molecule has 0 spiro atoms. The molecule has 0 radical (unpaired) electrons. The zero-order valence-corrected chi connectivity index (χ0v) is 15.0. The molecule has 2 rings (SSSR count). The SMILES string of the molecule is CC(=O)c1cccc(S(=O)(=O)N(C)CCOc2cccc(Cl)c2)c1. The first-order valence-corrected chi connectivity index (χ1v) is 9.08. The second-order valence-electron chi connectivity index (χ2n) is 5.22. The van der Waals surface area contributed by atoms with E-state index in [0.29, 0.717) is 16.3 Å². The first-order valence-electron chi connectivity index (χ1n) is 7.26. The molecule has 0 amide bonds. The minimum Gasteiger partial charge on any atom is -0.492 e. The molecule has 0 aliphatic heterocycles. The molecule has 0 saturated heterocycles. The lowest BCUT2D eigenvalue weighted by molar-refractivity contribution is 0.101. The van der Waals surface area contributed by atoms with Gasteiger partial charge in [-0.05, 0) is 37.3 Å². The molecule has 7 heteroatoms. The van der Waals surface area contributed by atoms with Crippen LogP contribution < -0.4 is 4.74 Å². The molecule has 2 aromatic rings. The number of hydrogen-bond donors (Lipinski definition) is 0. The molecule has 0 aromatic heterocycles. The van der Waals surface area contributed by atoms with E-state index in [1.54, 1.807) is 36.4 Å². The Morgan fingerprint density at radius 1 is 1.17 bits per heavy atom. The zero-order chi connectivity index (χ0) is 17.7. The smallest absolute Gasteiger partial charge is 0.242 e. The number of Topliss-reactive ketones (excluding diaryl/α,β-unsaturated/α-hetero) is 1. The Morgan fingerprint density at radius 2 is 1.88 bits per heavy atom. The molecule has 0 aliphatic rings. The highest BCUT2D eigenvalue weighted by molar-refractivity contribution is 7.89. The van der Waals surface area contributed by atoms with Crippen molar-refractivity contribution in [1.82, 2.24) is 4.31 Å². The summed E-state index contributed by atoms with van der Waals surface area (Å²) < 4.78 is 31.8. The van der Waals surface area contributed by atoms with Crippen molar-refractivity contribution in [3.8, 4) is 5.75 Å². The largest absolute Gasteiger partial charge is 0.492 e. The number of sulfonamides is 1. The molecular formula is C17H18ClNO4S. The van der Waals surface area contributed by atoms with Crippen molar-refractivity contribution in [2.75, 3.05) is 20.2 Å². The van der Waals surface area contributed by atoms with Gasteiger partial charge in [0, 0.05) is 24.2 Å². The van der Waals surface area contributed by atoms with Crippen molar-refractivity contribution >= 4 is 27.4 Å². The number of benzene rings is 2. The van der Waals surface area contributed by atoms with Crippen molar-refractivity contribution in [3.63, 3.8) is 0 Å². The Morgan fingerprint density at radius 3 is 2.54 bits per heavy atom. The molecule has 0 atom stereocenters. The number of halogens is 1. The number of ketones is 1. The van der Waals surface area contributed by atoms with Gasteiger partial charge in [-0.25, -0.2) is 8.42 Å². The first-order chi connectivity index (χ1) is 11.3. The number of nitrogens with zero attached hydrogens (tertiary/aromatic N) is 1. The highest BCUT2D eigenvalue weighted by Gasteiger charge is 2.21. The summed E-state index contributed by atoms with van der Waals surface area (Å²) in [6.07, 6.45) is 0. The van der Waals surface area contributed by atoms with Crippen LogP contribution in [0, 0.1) is 0 Å². The van der Waals surface area contributed by atoms with Gasteiger partial charge in [-0.15, -0.1) is 0 Å². The fraction of sp³-hybridized carbons (Fsp3) is 0.235. The summed E-state index contributed by atoms with van der Waals surface area (Å²) in [4.78, 5) is 11.5. The molecule has 0 fully saturated rings. The van der Waals surface area contributed by atoms with E-state index in [0.717, 1.165) is 0 Å². The van der Waals surface area contributed by atoms with Crippen molar-refractivity contribution in [3.05, 3.63) is 59.1 Å². The van der Waals surface area contributed by atoms with Gasteiger partial charge in [-0.1, -0.05) is 29.8 Å². The van der Waals surface area contributed by atoms with Crippen molar-refractivity contribution < 1.29 is 17.9 Å². The fourth-order valence-electron chi connectivity index (χ4n) is 2.02. The van der Waals surface area contributed by atoms with Crippen molar-refractivity contribution in [2.24, 2.45) is 0 Å². The third-order valence-electron chi connectivity index (χ3n) is 3.42. The fourth-order valence-corrected chi connectivity index (χ4v) is 3.41. The second-order valence-corrected chi connectivity index (χ2v) is 7.70. The van der Waals surface area contributed by atoms with E-state index in [4.69, 9.17) is 16.3 Å². The lowest BCUT2D eigenvalue weighted by Gasteiger charge is -2.18. The summed E-state index contributed by atoms with van der Waals surface area (Å²) in [5.74, 6) is 0.394. The first kappa shape index (κ1) is 18.4. The minimum atomic E-state index is -3.68. The maximum atomic E-state index is 12.5. The van der Waals surface area contributed by atoms with Gasteiger partial charge in [0.1, 0.15) is 12.4 Å². The second kappa shape index (κ2) is 7.79. The van der Waals surface area contributed by atoms with E-state index in [-0.39, 0.29) is 23.8 Å². The molecule has 2 aromatic carbocycles. The maximum Gasteiger partial charge on any atom is 0.242 e. The van der Waals surface area contributed by atoms with Crippen LogP contribution in [0.5, 0.6) is 5.75 Å². The number of carbonyl (C=O) groups is 1. The summed E-state index contributed by atoms with van der Waals surface area (Å²) in [5, 5.41) is 0.550. The van der Waals surface area contributed by atoms with Crippen molar-refractivity contribution in [2.45, 2.75) is 11.8 Å². The summed E-state index contributed by atoms with van der Waals surface area (Å²) in [6.45, 7) is 1.75. The molecule has 0 heterocycles. The van der Waals surface area contributed by atoms with Crippen LogP contribution in [0.3, 0.4) is 0 Å². The number of rotatable bonds is 7. The topological polar surface area (TPSA) is 63.7 Å². The average molecular weight is 368 g/mol. The summed E-state index contributed by atoms with van der Waals surface area (Å²) in [6, 6.07) is 12.9. The van der Waals surface area contributed by atoms with E-state index in [2.05, 4.69) is 0 Å². The summed E-state index contributed by atoms with van der Waals surface area (Å²) in [7, 11) is -2.21. The highest BCUT2D eigenvalue weighted by Crippen LogP contribution is 2.18. The molecule has 128 valence electrons. The number of carbonyl (C=O) groups excluding carboxylic acids is 1.